The zero-order chi connectivity index (χ0) is 13.5. The van der Waals surface area contributed by atoms with E-state index >= 15 is 0 Å². The average molecular weight is 271 g/mol. The number of nitrogens with one attached hydrogen (secondary N) is 1. The molecular formula is C12H15ClN2O3. The molecule has 1 aromatic rings. The molecule has 0 spiro atoms. The molecule has 0 saturated heterocycles. The molecule has 0 aliphatic heterocycles. The highest BCUT2D eigenvalue weighted by Gasteiger charge is 2.07. The van der Waals surface area contributed by atoms with Gasteiger partial charge in [-0.2, -0.15) is 0 Å². The van der Waals surface area contributed by atoms with Crippen molar-refractivity contribution in [2.75, 3.05) is 19.4 Å². The predicted molar refractivity (Wildman–Crippen MR) is 69.4 cm³/mol. The Kier molecular flexibility index (Phi) is 5.45. The van der Waals surface area contributed by atoms with Crippen LogP contribution in [-0.2, 0) is 9.53 Å². The molecule has 5 nitrogen and oxygen atoms in total. The van der Waals surface area contributed by atoms with Gasteiger partial charge in [-0.05, 0) is 24.6 Å². The van der Waals surface area contributed by atoms with Crippen LogP contribution in [0.4, 0.5) is 5.69 Å². The Hall–Kier alpha value is -1.75. The molecule has 3 N–H and O–H groups in total. The number of hydrogen-bond acceptors (Lipinski definition) is 4. The third kappa shape index (κ3) is 4.25. The van der Waals surface area contributed by atoms with Crippen molar-refractivity contribution in [1.82, 2.24) is 5.32 Å². The Morgan fingerprint density at radius 1 is 1.44 bits per heavy atom. The third-order valence-corrected chi connectivity index (χ3v) is 2.67. The van der Waals surface area contributed by atoms with E-state index in [1.165, 1.54) is 13.2 Å². The molecule has 0 aliphatic carbocycles. The van der Waals surface area contributed by atoms with Crippen molar-refractivity contribution in [3.63, 3.8) is 0 Å². The van der Waals surface area contributed by atoms with E-state index in [1.807, 2.05) is 0 Å². The van der Waals surface area contributed by atoms with Crippen molar-refractivity contribution < 1.29 is 14.3 Å². The zero-order valence-electron chi connectivity index (χ0n) is 10.0. The van der Waals surface area contributed by atoms with Crippen molar-refractivity contribution in [3.8, 4) is 0 Å². The van der Waals surface area contributed by atoms with Crippen molar-refractivity contribution >= 4 is 29.2 Å². The van der Waals surface area contributed by atoms with Gasteiger partial charge in [0.25, 0.3) is 5.91 Å². The number of ether oxygens (including phenoxy) is 1. The van der Waals surface area contributed by atoms with Gasteiger partial charge in [0.1, 0.15) is 0 Å². The van der Waals surface area contributed by atoms with E-state index in [2.05, 4.69) is 10.1 Å². The molecular weight excluding hydrogens is 256 g/mol. The van der Waals surface area contributed by atoms with Gasteiger partial charge in [0, 0.05) is 18.5 Å². The molecule has 0 unspecified atom stereocenters. The third-order valence-electron chi connectivity index (χ3n) is 2.33. The Bertz CT molecular complexity index is 449. The van der Waals surface area contributed by atoms with Crippen molar-refractivity contribution in [1.29, 1.82) is 0 Å². The number of esters is 1. The maximum atomic E-state index is 11.7. The fourth-order valence-corrected chi connectivity index (χ4v) is 1.44. The summed E-state index contributed by atoms with van der Waals surface area (Å²) in [7, 11) is 1.33. The molecule has 6 heteroatoms. The van der Waals surface area contributed by atoms with Gasteiger partial charge in [-0.3, -0.25) is 9.59 Å². The Balaban J connectivity index is 2.41. The maximum Gasteiger partial charge on any atom is 0.305 e. The standard InChI is InChI=1S/C12H15ClN2O3/c1-18-11(16)3-2-6-15-12(17)8-4-5-9(13)10(14)7-8/h4-5,7H,2-3,6,14H2,1H3,(H,15,17). The highest BCUT2D eigenvalue weighted by molar-refractivity contribution is 6.33. The molecule has 0 fully saturated rings. The lowest BCUT2D eigenvalue weighted by Gasteiger charge is -2.06. The lowest BCUT2D eigenvalue weighted by molar-refractivity contribution is -0.140. The van der Waals surface area contributed by atoms with Crippen LogP contribution in [0.5, 0.6) is 0 Å². The van der Waals surface area contributed by atoms with E-state index in [1.54, 1.807) is 12.1 Å². The fraction of sp³-hybridized carbons (Fsp3) is 0.333. The first-order chi connectivity index (χ1) is 8.54. The SMILES string of the molecule is COC(=O)CCCNC(=O)c1ccc(Cl)c(N)c1. The molecule has 98 valence electrons. The number of methoxy groups -OCH3 is 1. The Morgan fingerprint density at radius 3 is 2.78 bits per heavy atom. The maximum absolute atomic E-state index is 11.7. The molecule has 0 bridgehead atoms. The minimum Gasteiger partial charge on any atom is -0.469 e. The van der Waals surface area contributed by atoms with E-state index in [0.29, 0.717) is 29.2 Å². The number of hydrogen-bond donors (Lipinski definition) is 2. The van der Waals surface area contributed by atoms with Gasteiger partial charge >= 0.3 is 5.97 Å². The van der Waals surface area contributed by atoms with Gasteiger partial charge in [0.05, 0.1) is 17.8 Å². The molecule has 0 aliphatic rings. The van der Waals surface area contributed by atoms with E-state index in [0.717, 1.165) is 0 Å². The van der Waals surface area contributed by atoms with Crippen LogP contribution in [0.15, 0.2) is 18.2 Å². The predicted octanol–water partition coefficient (Wildman–Crippen LogP) is 1.61. The van der Waals surface area contributed by atoms with Crippen molar-refractivity contribution in [2.45, 2.75) is 12.8 Å². The van der Waals surface area contributed by atoms with Gasteiger partial charge in [-0.1, -0.05) is 11.6 Å². The quantitative estimate of drug-likeness (QED) is 0.484. The molecule has 0 radical (unpaired) electrons. The van der Waals surface area contributed by atoms with Crippen LogP contribution in [0.3, 0.4) is 0 Å². The number of nitrogen functional groups attached to an aromatic ring is 1. The van der Waals surface area contributed by atoms with Crippen LogP contribution in [0.2, 0.25) is 5.02 Å². The van der Waals surface area contributed by atoms with Crippen LogP contribution in [0.25, 0.3) is 0 Å². The lowest BCUT2D eigenvalue weighted by Crippen LogP contribution is -2.25. The molecule has 1 rings (SSSR count). The second-order valence-corrected chi connectivity index (χ2v) is 4.08. The lowest BCUT2D eigenvalue weighted by atomic mass is 10.2. The van der Waals surface area contributed by atoms with Gasteiger partial charge in [0.15, 0.2) is 0 Å². The van der Waals surface area contributed by atoms with E-state index in [9.17, 15) is 9.59 Å². The first-order valence-electron chi connectivity index (χ1n) is 5.44. The summed E-state index contributed by atoms with van der Waals surface area (Å²) in [5.41, 5.74) is 6.40. The Morgan fingerprint density at radius 2 is 2.17 bits per heavy atom. The molecule has 1 aromatic carbocycles. The van der Waals surface area contributed by atoms with Crippen LogP contribution in [0.1, 0.15) is 23.2 Å². The minimum atomic E-state index is -0.292. The highest BCUT2D eigenvalue weighted by atomic mass is 35.5. The molecule has 0 aromatic heterocycles. The summed E-state index contributed by atoms with van der Waals surface area (Å²) < 4.78 is 4.49. The molecule has 0 atom stereocenters. The summed E-state index contributed by atoms with van der Waals surface area (Å²) in [5.74, 6) is -0.539. The normalized spacial score (nSPS) is 9.89. The molecule has 0 heterocycles. The summed E-state index contributed by atoms with van der Waals surface area (Å²) in [6.45, 7) is 0.399. The zero-order valence-corrected chi connectivity index (χ0v) is 10.8. The number of carbonyl (C=O) groups is 2. The fourth-order valence-electron chi connectivity index (χ4n) is 1.32. The molecule has 1 amide bonds. The smallest absolute Gasteiger partial charge is 0.305 e. The van der Waals surface area contributed by atoms with Crippen LogP contribution in [-0.4, -0.2) is 25.5 Å². The second kappa shape index (κ2) is 6.86. The van der Waals surface area contributed by atoms with Crippen LogP contribution < -0.4 is 11.1 Å². The number of rotatable bonds is 5. The van der Waals surface area contributed by atoms with Crippen LogP contribution in [0, 0.1) is 0 Å². The number of amides is 1. The first kappa shape index (κ1) is 14.3. The molecule has 18 heavy (non-hydrogen) atoms. The largest absolute Gasteiger partial charge is 0.469 e. The number of halogens is 1. The average Bonchev–Trinajstić information content (AvgIpc) is 2.37. The topological polar surface area (TPSA) is 81.4 Å². The molecule has 0 saturated carbocycles. The second-order valence-electron chi connectivity index (χ2n) is 3.67. The summed E-state index contributed by atoms with van der Waals surface area (Å²) in [6.07, 6.45) is 0.807. The Labute approximate surface area is 110 Å². The van der Waals surface area contributed by atoms with Gasteiger partial charge in [0.2, 0.25) is 0 Å². The van der Waals surface area contributed by atoms with Crippen LogP contribution >= 0.6 is 11.6 Å². The van der Waals surface area contributed by atoms with Crippen molar-refractivity contribution in [2.24, 2.45) is 0 Å². The van der Waals surface area contributed by atoms with Crippen molar-refractivity contribution in [3.05, 3.63) is 28.8 Å². The summed E-state index contributed by atoms with van der Waals surface area (Å²) in [6, 6.07) is 4.67. The highest BCUT2D eigenvalue weighted by Crippen LogP contribution is 2.19. The van der Waals surface area contributed by atoms with E-state index in [4.69, 9.17) is 17.3 Å². The minimum absolute atomic E-state index is 0.247. The van der Waals surface area contributed by atoms with E-state index < -0.39 is 0 Å². The number of benzene rings is 1. The van der Waals surface area contributed by atoms with Gasteiger partial charge in [-0.15, -0.1) is 0 Å². The summed E-state index contributed by atoms with van der Waals surface area (Å²) in [5, 5.41) is 3.09. The monoisotopic (exact) mass is 270 g/mol. The summed E-state index contributed by atoms with van der Waals surface area (Å²) in [4.78, 5) is 22.5. The van der Waals surface area contributed by atoms with Gasteiger partial charge in [-0.25, -0.2) is 0 Å². The van der Waals surface area contributed by atoms with E-state index in [-0.39, 0.29) is 18.3 Å². The number of carbonyl (C=O) groups excluding carboxylic acids is 2. The summed E-state index contributed by atoms with van der Waals surface area (Å²) >= 11 is 5.75. The first-order valence-corrected chi connectivity index (χ1v) is 5.82. The number of nitrogens with two attached hydrogens (primary N) is 1. The van der Waals surface area contributed by atoms with Gasteiger partial charge < -0.3 is 15.8 Å². The number of anilines is 1.